The molecular formula is C16H13NO2. The van der Waals surface area contributed by atoms with Gasteiger partial charge in [-0.1, -0.05) is 12.1 Å². The fraction of sp³-hybridized carbons (Fsp3) is 0.0625. The maximum absolute atomic E-state index is 11.3. The van der Waals surface area contributed by atoms with E-state index < -0.39 is 0 Å². The van der Waals surface area contributed by atoms with Crippen molar-refractivity contribution >= 4 is 10.9 Å². The summed E-state index contributed by atoms with van der Waals surface area (Å²) >= 11 is 0. The van der Waals surface area contributed by atoms with Crippen LogP contribution >= 0.6 is 0 Å². The molecule has 0 fully saturated rings. The fourth-order valence-corrected chi connectivity index (χ4v) is 2.27. The van der Waals surface area contributed by atoms with Crippen LogP contribution in [0.3, 0.4) is 0 Å². The molecule has 0 unspecified atom stereocenters. The van der Waals surface area contributed by atoms with E-state index >= 15 is 0 Å². The van der Waals surface area contributed by atoms with Gasteiger partial charge in [0.15, 0.2) is 0 Å². The Hall–Kier alpha value is -2.55. The predicted octanol–water partition coefficient (Wildman–Crippen LogP) is 3.21. The molecule has 3 heteroatoms. The van der Waals surface area contributed by atoms with Crippen LogP contribution in [0.25, 0.3) is 22.0 Å². The van der Waals surface area contributed by atoms with E-state index in [1.54, 1.807) is 12.1 Å². The summed E-state index contributed by atoms with van der Waals surface area (Å²) in [5, 5.41) is 10.3. The van der Waals surface area contributed by atoms with Crippen LogP contribution in [0.5, 0.6) is 5.75 Å². The van der Waals surface area contributed by atoms with Gasteiger partial charge in [0.1, 0.15) is 5.75 Å². The molecule has 0 spiro atoms. The molecule has 2 aromatic carbocycles. The third-order valence-corrected chi connectivity index (χ3v) is 3.23. The Morgan fingerprint density at radius 1 is 0.947 bits per heavy atom. The monoisotopic (exact) mass is 251 g/mol. The molecule has 2 N–H and O–H groups in total. The van der Waals surface area contributed by atoms with Crippen LogP contribution < -0.4 is 5.56 Å². The number of phenols is 1. The van der Waals surface area contributed by atoms with E-state index in [1.807, 2.05) is 37.3 Å². The molecule has 0 amide bonds. The molecule has 3 rings (SSSR count). The van der Waals surface area contributed by atoms with Crippen LogP contribution in [0, 0.1) is 6.92 Å². The summed E-state index contributed by atoms with van der Waals surface area (Å²) in [6.07, 6.45) is 0. The molecule has 0 radical (unpaired) electrons. The molecule has 0 saturated carbocycles. The van der Waals surface area contributed by atoms with Crippen LogP contribution in [0.1, 0.15) is 5.56 Å². The first kappa shape index (κ1) is 11.5. The first-order valence-electron chi connectivity index (χ1n) is 6.06. The number of rotatable bonds is 1. The van der Waals surface area contributed by atoms with Crippen molar-refractivity contribution < 1.29 is 5.11 Å². The van der Waals surface area contributed by atoms with Gasteiger partial charge in [-0.05, 0) is 59.3 Å². The Kier molecular flexibility index (Phi) is 2.60. The number of fused-ring (bicyclic) bond motifs is 1. The number of hydrogen-bond acceptors (Lipinski definition) is 2. The number of aromatic hydroxyl groups is 1. The van der Waals surface area contributed by atoms with E-state index in [4.69, 9.17) is 0 Å². The molecule has 19 heavy (non-hydrogen) atoms. The van der Waals surface area contributed by atoms with E-state index in [1.165, 1.54) is 6.07 Å². The van der Waals surface area contributed by atoms with Crippen molar-refractivity contribution in [3.63, 3.8) is 0 Å². The van der Waals surface area contributed by atoms with Gasteiger partial charge in [-0.2, -0.15) is 0 Å². The molecule has 0 atom stereocenters. The number of hydrogen-bond donors (Lipinski definition) is 2. The summed E-state index contributed by atoms with van der Waals surface area (Å²) in [6.45, 7) is 1.97. The number of nitrogens with one attached hydrogen (secondary N) is 1. The van der Waals surface area contributed by atoms with Crippen molar-refractivity contribution in [2.75, 3.05) is 0 Å². The average molecular weight is 251 g/mol. The van der Waals surface area contributed by atoms with Gasteiger partial charge in [0.2, 0.25) is 5.56 Å². The number of phenolic OH excluding ortho intramolecular Hbond substituents is 1. The highest BCUT2D eigenvalue weighted by atomic mass is 16.3. The Bertz CT molecular complexity index is 801. The largest absolute Gasteiger partial charge is 0.508 e. The summed E-state index contributed by atoms with van der Waals surface area (Å²) in [4.78, 5) is 14.2. The Morgan fingerprint density at radius 2 is 1.68 bits per heavy atom. The van der Waals surface area contributed by atoms with Gasteiger partial charge in [-0.25, -0.2) is 0 Å². The summed E-state index contributed by atoms with van der Waals surface area (Å²) in [5.41, 5.74) is 3.91. The van der Waals surface area contributed by atoms with Crippen LogP contribution in [-0.4, -0.2) is 10.1 Å². The highest BCUT2D eigenvalue weighted by molar-refractivity contribution is 5.87. The van der Waals surface area contributed by atoms with Gasteiger partial charge in [-0.15, -0.1) is 0 Å². The topological polar surface area (TPSA) is 53.1 Å². The van der Waals surface area contributed by atoms with Gasteiger partial charge in [0.05, 0.1) is 5.52 Å². The quantitative estimate of drug-likeness (QED) is 0.697. The minimum absolute atomic E-state index is 0.0898. The summed E-state index contributed by atoms with van der Waals surface area (Å²) in [7, 11) is 0. The van der Waals surface area contributed by atoms with E-state index in [-0.39, 0.29) is 11.3 Å². The Morgan fingerprint density at radius 3 is 2.42 bits per heavy atom. The normalized spacial score (nSPS) is 10.8. The zero-order valence-electron chi connectivity index (χ0n) is 10.5. The second-order valence-corrected chi connectivity index (χ2v) is 4.63. The minimum atomic E-state index is -0.0898. The second-order valence-electron chi connectivity index (χ2n) is 4.63. The summed E-state index contributed by atoms with van der Waals surface area (Å²) < 4.78 is 0. The molecule has 0 aliphatic rings. The Balaban J connectivity index is 2.23. The lowest BCUT2D eigenvalue weighted by Gasteiger charge is -2.07. The molecule has 0 saturated heterocycles. The molecule has 0 aliphatic carbocycles. The molecule has 0 bridgehead atoms. The third kappa shape index (κ3) is 2.10. The number of aryl methyl sites for hydroxylation is 1. The zero-order chi connectivity index (χ0) is 13.4. The number of aromatic nitrogens is 1. The highest BCUT2D eigenvalue weighted by Crippen LogP contribution is 2.27. The first-order valence-corrected chi connectivity index (χ1v) is 6.06. The zero-order valence-corrected chi connectivity index (χ0v) is 10.5. The van der Waals surface area contributed by atoms with Gasteiger partial charge in [0.25, 0.3) is 0 Å². The molecule has 0 aliphatic heterocycles. The van der Waals surface area contributed by atoms with Crippen LogP contribution in [0.15, 0.2) is 53.3 Å². The number of H-pyrrole nitrogens is 1. The predicted molar refractivity (Wildman–Crippen MR) is 76.4 cm³/mol. The molecule has 3 nitrogen and oxygen atoms in total. The lowest BCUT2D eigenvalue weighted by atomic mass is 10.00. The smallest absolute Gasteiger partial charge is 0.248 e. The standard InChI is InChI=1S/C16H13NO2/c1-10-8-13(11-2-5-14(18)6-3-11)9-12-4-7-15(19)17-16(10)12/h2-9,18H,1H3,(H,17,19). The maximum atomic E-state index is 11.3. The summed E-state index contributed by atoms with van der Waals surface area (Å²) in [6, 6.07) is 14.5. The van der Waals surface area contributed by atoms with E-state index in [0.29, 0.717) is 0 Å². The van der Waals surface area contributed by atoms with Gasteiger partial charge < -0.3 is 10.1 Å². The van der Waals surface area contributed by atoms with Gasteiger partial charge in [-0.3, -0.25) is 4.79 Å². The SMILES string of the molecule is Cc1cc(-c2ccc(O)cc2)cc2ccc(=O)[nH]c12. The molecule has 1 heterocycles. The van der Waals surface area contributed by atoms with E-state index in [9.17, 15) is 9.90 Å². The van der Waals surface area contributed by atoms with Crippen molar-refractivity contribution in [1.29, 1.82) is 0 Å². The fourth-order valence-electron chi connectivity index (χ4n) is 2.27. The van der Waals surface area contributed by atoms with Crippen molar-refractivity contribution in [3.05, 3.63) is 64.4 Å². The summed E-state index contributed by atoms with van der Waals surface area (Å²) in [5.74, 6) is 0.255. The van der Waals surface area contributed by atoms with Gasteiger partial charge in [0, 0.05) is 6.07 Å². The number of aromatic amines is 1. The van der Waals surface area contributed by atoms with Crippen LogP contribution in [0.2, 0.25) is 0 Å². The van der Waals surface area contributed by atoms with Crippen LogP contribution in [0.4, 0.5) is 0 Å². The van der Waals surface area contributed by atoms with E-state index in [2.05, 4.69) is 4.98 Å². The lowest BCUT2D eigenvalue weighted by molar-refractivity contribution is 0.475. The van der Waals surface area contributed by atoms with Crippen molar-refractivity contribution in [3.8, 4) is 16.9 Å². The van der Waals surface area contributed by atoms with Crippen molar-refractivity contribution in [2.24, 2.45) is 0 Å². The lowest BCUT2D eigenvalue weighted by Crippen LogP contribution is -2.03. The number of benzene rings is 2. The molecule has 1 aromatic heterocycles. The molecule has 3 aromatic rings. The van der Waals surface area contributed by atoms with E-state index in [0.717, 1.165) is 27.6 Å². The number of pyridine rings is 1. The van der Waals surface area contributed by atoms with Crippen LogP contribution in [-0.2, 0) is 0 Å². The van der Waals surface area contributed by atoms with Gasteiger partial charge >= 0.3 is 0 Å². The average Bonchev–Trinajstić information content (AvgIpc) is 2.40. The second kappa shape index (κ2) is 4.28. The third-order valence-electron chi connectivity index (χ3n) is 3.23. The molecule has 94 valence electrons. The first-order chi connectivity index (χ1) is 9.13. The Labute approximate surface area is 110 Å². The highest BCUT2D eigenvalue weighted by Gasteiger charge is 2.04. The maximum Gasteiger partial charge on any atom is 0.248 e. The van der Waals surface area contributed by atoms with Crippen molar-refractivity contribution in [1.82, 2.24) is 4.98 Å². The molecular weight excluding hydrogens is 238 g/mol. The minimum Gasteiger partial charge on any atom is -0.508 e. The van der Waals surface area contributed by atoms with Crippen molar-refractivity contribution in [2.45, 2.75) is 6.92 Å².